The molecule has 0 radical (unpaired) electrons. The summed E-state index contributed by atoms with van der Waals surface area (Å²) in [6.45, 7) is 0.693. The zero-order valence-electron chi connectivity index (χ0n) is 18.8. The van der Waals surface area contributed by atoms with E-state index in [4.69, 9.17) is 0 Å². The van der Waals surface area contributed by atoms with Crippen LogP contribution < -0.4 is 0 Å². The summed E-state index contributed by atoms with van der Waals surface area (Å²) < 4.78 is 39.2. The largest absolute Gasteiger partial charge is 0.507 e. The summed E-state index contributed by atoms with van der Waals surface area (Å²) in [5.41, 5.74) is 0.529. The maximum absolute atomic E-state index is 13.5. The maximum Gasteiger partial charge on any atom is 0.295 e. The van der Waals surface area contributed by atoms with Gasteiger partial charge >= 0.3 is 0 Å². The van der Waals surface area contributed by atoms with Gasteiger partial charge in [0.05, 0.1) is 16.5 Å². The molecule has 8 nitrogen and oxygen atoms in total. The van der Waals surface area contributed by atoms with Crippen LogP contribution in [0.2, 0.25) is 0 Å². The predicted molar refractivity (Wildman–Crippen MR) is 121 cm³/mol. The fourth-order valence-electron chi connectivity index (χ4n) is 3.56. The monoisotopic (exact) mass is 475 g/mol. The van der Waals surface area contributed by atoms with Crippen LogP contribution in [0.15, 0.2) is 59.0 Å². The fourth-order valence-corrected chi connectivity index (χ4v) is 4.46. The molecule has 0 bridgehead atoms. The van der Waals surface area contributed by atoms with Crippen LogP contribution in [-0.4, -0.2) is 80.6 Å². The summed E-state index contributed by atoms with van der Waals surface area (Å²) in [5.74, 6) is -2.52. The Morgan fingerprint density at radius 3 is 2.09 bits per heavy atom. The first-order chi connectivity index (χ1) is 15.4. The predicted octanol–water partition coefficient (Wildman–Crippen LogP) is 2.06. The first kappa shape index (κ1) is 24.6. The van der Waals surface area contributed by atoms with Gasteiger partial charge in [-0.05, 0) is 56.1 Å². The van der Waals surface area contributed by atoms with Crippen molar-refractivity contribution >= 4 is 27.5 Å². The van der Waals surface area contributed by atoms with Crippen LogP contribution in [0, 0.1) is 5.82 Å². The number of hydrogen-bond acceptors (Lipinski definition) is 6. The molecule has 0 saturated carbocycles. The van der Waals surface area contributed by atoms with Gasteiger partial charge in [0.15, 0.2) is 0 Å². The van der Waals surface area contributed by atoms with Gasteiger partial charge in [-0.3, -0.25) is 9.59 Å². The topological polar surface area (TPSA) is 98.2 Å². The lowest BCUT2D eigenvalue weighted by Gasteiger charge is -2.26. The van der Waals surface area contributed by atoms with Gasteiger partial charge in [-0.15, -0.1) is 0 Å². The van der Waals surface area contributed by atoms with Gasteiger partial charge < -0.3 is 14.9 Å². The summed E-state index contributed by atoms with van der Waals surface area (Å²) in [5, 5.41) is 11.0. The molecule has 1 aliphatic heterocycles. The number of aliphatic hydroxyl groups excluding tert-OH is 1. The molecule has 1 aliphatic rings. The minimum absolute atomic E-state index is 0.0190. The Morgan fingerprint density at radius 1 is 1.00 bits per heavy atom. The highest BCUT2D eigenvalue weighted by Gasteiger charge is 2.45. The van der Waals surface area contributed by atoms with E-state index < -0.39 is 39.3 Å². The third-order valence-corrected chi connectivity index (χ3v) is 7.25. The van der Waals surface area contributed by atoms with Crippen molar-refractivity contribution in [2.75, 3.05) is 41.3 Å². The molecule has 1 N–H and O–H groups in total. The molecule has 1 amide bonds. The highest BCUT2D eigenvalue weighted by atomic mass is 32.2. The van der Waals surface area contributed by atoms with Crippen molar-refractivity contribution in [3.63, 3.8) is 0 Å². The molecule has 1 heterocycles. The first-order valence-corrected chi connectivity index (χ1v) is 11.6. The van der Waals surface area contributed by atoms with Crippen LogP contribution in [0.25, 0.3) is 5.76 Å². The molecule has 2 aromatic rings. The van der Waals surface area contributed by atoms with Gasteiger partial charge in [-0.2, -0.15) is 0 Å². The highest BCUT2D eigenvalue weighted by molar-refractivity contribution is 7.89. The van der Waals surface area contributed by atoms with Gasteiger partial charge in [0.2, 0.25) is 10.0 Å². The van der Waals surface area contributed by atoms with Crippen molar-refractivity contribution in [2.45, 2.75) is 10.9 Å². The average Bonchev–Trinajstić information content (AvgIpc) is 3.02. The van der Waals surface area contributed by atoms with E-state index in [1.807, 2.05) is 19.0 Å². The van der Waals surface area contributed by atoms with Crippen molar-refractivity contribution in [3.05, 3.63) is 71.0 Å². The summed E-state index contributed by atoms with van der Waals surface area (Å²) in [7, 11) is 2.79. The van der Waals surface area contributed by atoms with Crippen molar-refractivity contribution in [1.29, 1.82) is 0 Å². The fraction of sp³-hybridized carbons (Fsp3) is 0.304. The lowest BCUT2D eigenvalue weighted by molar-refractivity contribution is -0.140. The second-order valence-corrected chi connectivity index (χ2v) is 10.3. The number of likely N-dealkylation sites (tertiary alicyclic amines) is 1. The molecule has 1 fully saturated rings. The summed E-state index contributed by atoms with van der Waals surface area (Å²) in [4.78, 5) is 29.0. The molecular weight excluding hydrogens is 449 g/mol. The summed E-state index contributed by atoms with van der Waals surface area (Å²) in [6.07, 6.45) is 0. The number of likely N-dealkylation sites (N-methyl/N-ethyl adjacent to an activating group) is 1. The van der Waals surface area contributed by atoms with E-state index in [2.05, 4.69) is 0 Å². The van der Waals surface area contributed by atoms with E-state index in [-0.39, 0.29) is 22.6 Å². The second-order valence-electron chi connectivity index (χ2n) is 8.16. The van der Waals surface area contributed by atoms with E-state index >= 15 is 0 Å². The smallest absolute Gasteiger partial charge is 0.295 e. The number of ketones is 1. The van der Waals surface area contributed by atoms with Crippen LogP contribution in [0.5, 0.6) is 0 Å². The van der Waals surface area contributed by atoms with Gasteiger partial charge in [0.1, 0.15) is 11.6 Å². The first-order valence-electron chi connectivity index (χ1n) is 10.2. The molecule has 1 saturated heterocycles. The Morgan fingerprint density at radius 2 is 1.58 bits per heavy atom. The molecule has 0 aliphatic carbocycles. The summed E-state index contributed by atoms with van der Waals surface area (Å²) >= 11 is 0. The van der Waals surface area contributed by atoms with Crippen LogP contribution >= 0.6 is 0 Å². The van der Waals surface area contributed by atoms with Crippen molar-refractivity contribution in [3.8, 4) is 0 Å². The number of rotatable bonds is 7. The Labute approximate surface area is 192 Å². The van der Waals surface area contributed by atoms with E-state index in [0.29, 0.717) is 12.1 Å². The Bertz CT molecular complexity index is 1190. The minimum atomic E-state index is -3.67. The molecule has 2 aromatic carbocycles. The molecule has 1 atom stereocenters. The van der Waals surface area contributed by atoms with Crippen molar-refractivity contribution in [2.24, 2.45) is 0 Å². The average molecular weight is 476 g/mol. The number of aliphatic hydroxyl groups is 1. The number of carbonyl (C=O) groups excluding carboxylic acids is 2. The minimum Gasteiger partial charge on any atom is -0.507 e. The van der Waals surface area contributed by atoms with Gasteiger partial charge in [-0.25, -0.2) is 17.1 Å². The van der Waals surface area contributed by atoms with Crippen LogP contribution in [-0.2, 0) is 19.6 Å². The van der Waals surface area contributed by atoms with Crippen LogP contribution in [0.3, 0.4) is 0 Å². The number of Topliss-reactive ketones (excluding diaryl/α,β-unsaturated/α-hetero) is 1. The molecule has 33 heavy (non-hydrogen) atoms. The van der Waals surface area contributed by atoms with Crippen molar-refractivity contribution in [1.82, 2.24) is 14.1 Å². The van der Waals surface area contributed by atoms with E-state index in [1.165, 1.54) is 67.5 Å². The number of nitrogens with zero attached hydrogens (tertiary/aromatic N) is 3. The molecule has 10 heteroatoms. The number of benzene rings is 2. The Kier molecular flexibility index (Phi) is 7.01. The number of sulfonamides is 1. The van der Waals surface area contributed by atoms with E-state index in [0.717, 1.165) is 4.31 Å². The quantitative estimate of drug-likeness (QED) is 0.374. The lowest BCUT2D eigenvalue weighted by atomic mass is 9.95. The number of hydrogen-bond donors (Lipinski definition) is 1. The zero-order chi connectivity index (χ0) is 24.5. The molecule has 0 spiro atoms. The van der Waals surface area contributed by atoms with E-state index in [1.54, 1.807) is 0 Å². The molecule has 176 valence electrons. The third-order valence-electron chi connectivity index (χ3n) is 5.42. The number of halogens is 1. The van der Waals surface area contributed by atoms with Gasteiger partial charge in [-0.1, -0.05) is 12.1 Å². The molecule has 0 aromatic heterocycles. The van der Waals surface area contributed by atoms with Crippen molar-refractivity contribution < 1.29 is 27.5 Å². The standard InChI is InChI=1S/C23H26FN3O5S/c1-25(2)13-14-27-20(15-5-9-17(24)10-6-15)19(22(29)23(27)30)21(28)16-7-11-18(12-8-16)33(31,32)26(3)4/h5-12,20,28H,13-14H2,1-4H3/b21-19-. The number of carbonyl (C=O) groups is 2. The molecule has 3 rings (SSSR count). The van der Waals surface area contributed by atoms with Crippen LogP contribution in [0.1, 0.15) is 17.2 Å². The summed E-state index contributed by atoms with van der Waals surface area (Å²) in [6, 6.07) is 9.87. The molecule has 1 unspecified atom stereocenters. The number of amides is 1. The van der Waals surface area contributed by atoms with E-state index in [9.17, 15) is 27.5 Å². The normalized spacial score (nSPS) is 18.5. The van der Waals surface area contributed by atoms with Crippen LogP contribution in [0.4, 0.5) is 4.39 Å². The maximum atomic E-state index is 13.5. The SMILES string of the molecule is CN(C)CCN1C(=O)C(=O)/C(=C(\O)c2ccc(S(=O)(=O)N(C)C)cc2)C1c1ccc(F)cc1. The van der Waals surface area contributed by atoms with Gasteiger partial charge in [0.25, 0.3) is 11.7 Å². The Hall–Kier alpha value is -3.08. The lowest BCUT2D eigenvalue weighted by Crippen LogP contribution is -2.35. The third kappa shape index (κ3) is 4.82. The Balaban J connectivity index is 2.11. The zero-order valence-corrected chi connectivity index (χ0v) is 19.6. The molecular formula is C23H26FN3O5S. The highest BCUT2D eigenvalue weighted by Crippen LogP contribution is 2.39. The van der Waals surface area contributed by atoms with Gasteiger partial charge in [0, 0.05) is 32.7 Å². The second kappa shape index (κ2) is 9.42.